The van der Waals surface area contributed by atoms with Crippen molar-refractivity contribution in [2.45, 2.75) is 76.7 Å². The van der Waals surface area contributed by atoms with Crippen molar-refractivity contribution in [2.75, 3.05) is 6.61 Å². The molecule has 35 heavy (non-hydrogen) atoms. The summed E-state index contributed by atoms with van der Waals surface area (Å²) in [6.45, 7) is 7.16. The van der Waals surface area contributed by atoms with E-state index < -0.39 is 81.9 Å². The molecule has 9 heteroatoms. The molecule has 0 radical (unpaired) electrons. The molecule has 0 bridgehead atoms. The molecule has 0 aromatic carbocycles. The number of aliphatic hydroxyl groups excluding tert-OH is 1. The summed E-state index contributed by atoms with van der Waals surface area (Å²) < 4.78 is 50.1. The number of fused-ring (bicyclic) bond motifs is 7. The summed E-state index contributed by atoms with van der Waals surface area (Å²) in [4.78, 5) is 37.0. The molecule has 0 aromatic rings. The molecule has 0 aromatic heterocycles. The van der Waals surface area contributed by atoms with Gasteiger partial charge in [-0.1, -0.05) is 13.0 Å². The van der Waals surface area contributed by atoms with E-state index in [4.69, 9.17) is 14.2 Å². The lowest BCUT2D eigenvalue weighted by atomic mass is 9.46. The van der Waals surface area contributed by atoms with E-state index in [1.807, 2.05) is 0 Å². The quantitative estimate of drug-likeness (QED) is 0.605. The lowest BCUT2D eigenvalue weighted by Crippen LogP contribution is -2.69. The van der Waals surface area contributed by atoms with Gasteiger partial charge in [-0.15, -0.1) is 0 Å². The van der Waals surface area contributed by atoms with Crippen molar-refractivity contribution in [1.82, 2.24) is 0 Å². The molecule has 1 saturated heterocycles. The van der Waals surface area contributed by atoms with Crippen LogP contribution in [0.2, 0.25) is 0 Å². The normalized spacial score (nSPS) is 47.1. The van der Waals surface area contributed by atoms with Crippen LogP contribution in [-0.2, 0) is 28.6 Å². The number of rotatable bonds is 3. The van der Waals surface area contributed by atoms with Gasteiger partial charge >= 0.3 is 5.97 Å². The predicted octanol–water partition coefficient (Wildman–Crippen LogP) is 3.06. The Labute approximate surface area is 202 Å². The first kappa shape index (κ1) is 24.5. The molecule has 0 unspecified atom stereocenters. The van der Waals surface area contributed by atoms with Crippen molar-refractivity contribution in [3.05, 3.63) is 35.7 Å². The van der Waals surface area contributed by atoms with Crippen LogP contribution in [0.15, 0.2) is 35.7 Å². The van der Waals surface area contributed by atoms with Crippen molar-refractivity contribution in [2.24, 2.45) is 22.7 Å². The third kappa shape index (κ3) is 2.89. The Kier molecular flexibility index (Phi) is 5.01. The maximum atomic E-state index is 17.2. The summed E-state index contributed by atoms with van der Waals surface area (Å²) >= 11 is 0. The van der Waals surface area contributed by atoms with Gasteiger partial charge < -0.3 is 19.3 Å². The number of alkyl halides is 1. The monoisotopic (exact) mass is 492 g/mol. The molecule has 4 aliphatic carbocycles. The summed E-state index contributed by atoms with van der Waals surface area (Å²) in [6, 6.07) is 0. The Bertz CT molecular complexity index is 1120. The van der Waals surface area contributed by atoms with Crippen LogP contribution in [0, 0.1) is 22.7 Å². The minimum absolute atomic E-state index is 0.0983. The van der Waals surface area contributed by atoms with E-state index in [9.17, 15) is 19.5 Å². The predicted molar refractivity (Wildman–Crippen MR) is 118 cm³/mol. The molecule has 0 spiro atoms. The zero-order valence-corrected chi connectivity index (χ0v) is 20.4. The number of aliphatic hydroxyl groups is 1. The topological polar surface area (TPSA) is 99.1 Å². The van der Waals surface area contributed by atoms with Crippen LogP contribution in [0.3, 0.4) is 0 Å². The molecule has 2 saturated carbocycles. The minimum Gasteiger partial charge on any atom is -0.458 e. The van der Waals surface area contributed by atoms with Gasteiger partial charge in [0.25, 0.3) is 0 Å². The van der Waals surface area contributed by atoms with Crippen LogP contribution < -0.4 is 0 Å². The van der Waals surface area contributed by atoms with E-state index in [2.05, 4.69) is 0 Å². The number of hydrogen-bond acceptors (Lipinski definition) is 7. The number of esters is 1. The Morgan fingerprint density at radius 1 is 1.26 bits per heavy atom. The minimum atomic E-state index is -2.34. The molecule has 0 amide bonds. The maximum Gasteiger partial charge on any atom is 0.303 e. The molecule has 3 fully saturated rings. The van der Waals surface area contributed by atoms with E-state index in [1.165, 1.54) is 26.0 Å². The second-order valence-corrected chi connectivity index (χ2v) is 11.3. The molecular formula is C26H30F2O7. The van der Waals surface area contributed by atoms with Gasteiger partial charge in [0.05, 0.1) is 17.6 Å². The first-order valence-corrected chi connectivity index (χ1v) is 11.9. The Morgan fingerprint density at radius 2 is 1.94 bits per heavy atom. The van der Waals surface area contributed by atoms with E-state index >= 15 is 8.78 Å². The lowest BCUT2D eigenvalue weighted by Gasteiger charge is -2.61. The summed E-state index contributed by atoms with van der Waals surface area (Å²) in [5, 5.41) is 11.4. The zero-order chi connectivity index (χ0) is 25.8. The van der Waals surface area contributed by atoms with Gasteiger partial charge in [-0.05, 0) is 57.8 Å². The van der Waals surface area contributed by atoms with Gasteiger partial charge in [0.15, 0.2) is 29.4 Å². The summed E-state index contributed by atoms with van der Waals surface area (Å²) in [7, 11) is 0. The van der Waals surface area contributed by atoms with Gasteiger partial charge in [-0.2, -0.15) is 0 Å². The second-order valence-electron chi connectivity index (χ2n) is 11.3. The standard InChI is InChI=1S/C26H30F2O7/c1-13(29)33-12-20(32)26-21(34-22(2,3)35-26)10-15-16-9-18(27)17-8-14(30)6-7-23(17,4)25(16,28)19(31)11-24(15,26)5/h6-9,15-16,19,21,31H,10-12H2,1-5H3/t15-,16-,19-,21+,23-,24-,25-,26+/m0/s1. The smallest absolute Gasteiger partial charge is 0.303 e. The number of allylic oxidation sites excluding steroid dienone is 6. The fourth-order valence-corrected chi connectivity index (χ4v) is 7.62. The van der Waals surface area contributed by atoms with Gasteiger partial charge in [0, 0.05) is 23.8 Å². The Hall–Kier alpha value is -2.23. The number of Topliss-reactive ketones (excluding diaryl/α,β-unsaturated/α-hetero) is 1. The Balaban J connectivity index is 1.66. The molecule has 1 aliphatic heterocycles. The lowest BCUT2D eigenvalue weighted by molar-refractivity contribution is -0.237. The van der Waals surface area contributed by atoms with Gasteiger partial charge in [0.1, 0.15) is 5.83 Å². The van der Waals surface area contributed by atoms with Crippen molar-refractivity contribution < 1.29 is 42.5 Å². The summed E-state index contributed by atoms with van der Waals surface area (Å²) in [5.74, 6) is -5.28. The van der Waals surface area contributed by atoms with Gasteiger partial charge in [-0.3, -0.25) is 14.4 Å². The summed E-state index contributed by atoms with van der Waals surface area (Å²) in [5.41, 5.74) is -6.81. The molecule has 1 N–H and O–H groups in total. The molecule has 8 atom stereocenters. The average molecular weight is 493 g/mol. The summed E-state index contributed by atoms with van der Waals surface area (Å²) in [6.07, 6.45) is 2.33. The largest absolute Gasteiger partial charge is 0.458 e. The number of ether oxygens (including phenoxy) is 3. The average Bonchev–Trinajstić information content (AvgIpc) is 3.16. The highest BCUT2D eigenvalue weighted by molar-refractivity contribution is 6.02. The molecule has 5 aliphatic rings. The molecule has 190 valence electrons. The number of carbonyl (C=O) groups is 3. The second kappa shape index (κ2) is 7.17. The first-order valence-electron chi connectivity index (χ1n) is 11.9. The molecule has 5 rings (SSSR count). The molecule has 1 heterocycles. The van der Waals surface area contributed by atoms with Crippen molar-refractivity contribution in [1.29, 1.82) is 0 Å². The SMILES string of the molecule is CC(=O)OCC(=O)[C@@]12OC(C)(C)O[C@@H]1C[C@H]1[C@@H]3C=C(F)C4=CC(=O)C=C[C@]4(C)[C@@]3(F)[C@@H](O)C[C@@]12C. The van der Waals surface area contributed by atoms with Crippen LogP contribution >= 0.6 is 0 Å². The van der Waals surface area contributed by atoms with Crippen LogP contribution in [-0.4, -0.2) is 58.5 Å². The fourth-order valence-electron chi connectivity index (χ4n) is 7.62. The fraction of sp³-hybridized carbons (Fsp3) is 0.654. The highest BCUT2D eigenvalue weighted by atomic mass is 19.1. The number of carbonyl (C=O) groups excluding carboxylic acids is 3. The van der Waals surface area contributed by atoms with Gasteiger partial charge in [-0.25, -0.2) is 8.78 Å². The van der Waals surface area contributed by atoms with E-state index in [0.717, 1.165) is 12.2 Å². The van der Waals surface area contributed by atoms with Crippen LogP contribution in [0.5, 0.6) is 0 Å². The maximum absolute atomic E-state index is 17.2. The van der Waals surface area contributed by atoms with Crippen molar-refractivity contribution in [3.63, 3.8) is 0 Å². The van der Waals surface area contributed by atoms with E-state index in [0.29, 0.717) is 0 Å². The van der Waals surface area contributed by atoms with Crippen LogP contribution in [0.1, 0.15) is 47.5 Å². The highest BCUT2D eigenvalue weighted by Crippen LogP contribution is 2.72. The van der Waals surface area contributed by atoms with Crippen LogP contribution in [0.25, 0.3) is 0 Å². The molecule has 7 nitrogen and oxygen atoms in total. The van der Waals surface area contributed by atoms with Crippen molar-refractivity contribution in [3.8, 4) is 0 Å². The zero-order valence-electron chi connectivity index (χ0n) is 20.4. The van der Waals surface area contributed by atoms with Gasteiger partial charge in [0.2, 0.25) is 5.78 Å². The highest BCUT2D eigenvalue weighted by Gasteiger charge is 2.80. The van der Waals surface area contributed by atoms with Crippen molar-refractivity contribution >= 4 is 17.5 Å². The first-order chi connectivity index (χ1) is 16.1. The van der Waals surface area contributed by atoms with Crippen LogP contribution in [0.4, 0.5) is 8.78 Å². The third-order valence-corrected chi connectivity index (χ3v) is 9.07. The number of halogens is 2. The third-order valence-electron chi connectivity index (χ3n) is 9.07. The van der Waals surface area contributed by atoms with E-state index in [-0.39, 0.29) is 18.4 Å². The number of hydrogen-bond donors (Lipinski definition) is 1. The van der Waals surface area contributed by atoms with E-state index in [1.54, 1.807) is 20.8 Å². The number of ketones is 2. The Morgan fingerprint density at radius 3 is 2.60 bits per heavy atom. The molecular weight excluding hydrogens is 462 g/mol.